The fourth-order valence-electron chi connectivity index (χ4n) is 1.45. The van der Waals surface area contributed by atoms with Crippen molar-refractivity contribution in [2.75, 3.05) is 6.54 Å². The SMILES string of the molecule is CC(NCCCC#N)c1cccc(Cl)c1Cl. The standard InChI is InChI=1S/C12H14Cl2N2/c1-9(16-8-3-2-7-15)10-5-4-6-11(13)12(10)14/h4-6,9,16H,2-3,8H2,1H3. The van der Waals surface area contributed by atoms with E-state index in [1.807, 2.05) is 19.1 Å². The molecule has 0 spiro atoms. The first-order valence-corrected chi connectivity index (χ1v) is 5.96. The summed E-state index contributed by atoms with van der Waals surface area (Å²) in [6.45, 7) is 2.83. The number of nitrogens with one attached hydrogen (secondary N) is 1. The van der Waals surface area contributed by atoms with E-state index in [0.29, 0.717) is 16.5 Å². The number of hydrogen-bond donors (Lipinski definition) is 1. The molecule has 0 bridgehead atoms. The largest absolute Gasteiger partial charge is 0.310 e. The summed E-state index contributed by atoms with van der Waals surface area (Å²) < 4.78 is 0. The maximum absolute atomic E-state index is 8.41. The molecular weight excluding hydrogens is 243 g/mol. The van der Waals surface area contributed by atoms with E-state index in [0.717, 1.165) is 18.5 Å². The Labute approximate surface area is 106 Å². The normalized spacial score (nSPS) is 12.1. The Kier molecular flexibility index (Phi) is 5.62. The molecule has 1 atom stereocenters. The van der Waals surface area contributed by atoms with Crippen LogP contribution in [0.5, 0.6) is 0 Å². The summed E-state index contributed by atoms with van der Waals surface area (Å²) in [5.41, 5.74) is 0.992. The van der Waals surface area contributed by atoms with Crippen LogP contribution in [-0.2, 0) is 0 Å². The molecule has 0 heterocycles. The minimum absolute atomic E-state index is 0.143. The fourth-order valence-corrected chi connectivity index (χ4v) is 1.92. The number of nitriles is 1. The first-order chi connectivity index (χ1) is 7.66. The lowest BCUT2D eigenvalue weighted by atomic mass is 10.1. The molecule has 0 aliphatic heterocycles. The summed E-state index contributed by atoms with van der Waals surface area (Å²) in [4.78, 5) is 0. The van der Waals surface area contributed by atoms with E-state index in [-0.39, 0.29) is 6.04 Å². The number of hydrogen-bond acceptors (Lipinski definition) is 2. The third-order valence-electron chi connectivity index (χ3n) is 2.36. The van der Waals surface area contributed by atoms with Crippen LogP contribution >= 0.6 is 23.2 Å². The van der Waals surface area contributed by atoms with Crippen LogP contribution < -0.4 is 5.32 Å². The van der Waals surface area contributed by atoms with E-state index in [1.165, 1.54) is 0 Å². The molecule has 16 heavy (non-hydrogen) atoms. The van der Waals surface area contributed by atoms with Gasteiger partial charge in [-0.05, 0) is 31.5 Å². The van der Waals surface area contributed by atoms with E-state index in [1.54, 1.807) is 6.07 Å². The van der Waals surface area contributed by atoms with Gasteiger partial charge in [0.05, 0.1) is 16.1 Å². The van der Waals surface area contributed by atoms with Gasteiger partial charge in [0.25, 0.3) is 0 Å². The first kappa shape index (κ1) is 13.3. The molecule has 0 radical (unpaired) electrons. The van der Waals surface area contributed by atoms with E-state index >= 15 is 0 Å². The third kappa shape index (κ3) is 3.68. The Balaban J connectivity index is 2.56. The molecule has 0 saturated carbocycles. The second-order valence-electron chi connectivity index (χ2n) is 3.58. The Morgan fingerprint density at radius 1 is 1.44 bits per heavy atom. The number of halogens is 2. The number of rotatable bonds is 5. The highest BCUT2D eigenvalue weighted by molar-refractivity contribution is 6.42. The topological polar surface area (TPSA) is 35.8 Å². The van der Waals surface area contributed by atoms with Gasteiger partial charge >= 0.3 is 0 Å². The molecule has 1 unspecified atom stereocenters. The highest BCUT2D eigenvalue weighted by atomic mass is 35.5. The smallest absolute Gasteiger partial charge is 0.0639 e. The molecule has 1 rings (SSSR count). The van der Waals surface area contributed by atoms with Crippen LogP contribution in [-0.4, -0.2) is 6.54 Å². The first-order valence-electron chi connectivity index (χ1n) is 5.21. The molecule has 0 aliphatic rings. The van der Waals surface area contributed by atoms with Crippen LogP contribution in [0.25, 0.3) is 0 Å². The molecule has 0 fully saturated rings. The van der Waals surface area contributed by atoms with Gasteiger partial charge in [0.1, 0.15) is 0 Å². The quantitative estimate of drug-likeness (QED) is 0.811. The number of benzene rings is 1. The van der Waals surface area contributed by atoms with Gasteiger partial charge in [0.2, 0.25) is 0 Å². The molecule has 1 aromatic carbocycles. The molecular formula is C12H14Cl2N2. The highest BCUT2D eigenvalue weighted by Crippen LogP contribution is 2.29. The lowest BCUT2D eigenvalue weighted by Crippen LogP contribution is -2.20. The average molecular weight is 257 g/mol. The van der Waals surface area contributed by atoms with E-state index < -0.39 is 0 Å². The van der Waals surface area contributed by atoms with Gasteiger partial charge in [-0.2, -0.15) is 5.26 Å². The third-order valence-corrected chi connectivity index (χ3v) is 3.20. The highest BCUT2D eigenvalue weighted by Gasteiger charge is 2.10. The maximum Gasteiger partial charge on any atom is 0.0639 e. The van der Waals surface area contributed by atoms with Crippen LogP contribution in [0.1, 0.15) is 31.4 Å². The van der Waals surface area contributed by atoms with Crippen LogP contribution in [0.2, 0.25) is 10.0 Å². The van der Waals surface area contributed by atoms with Gasteiger partial charge in [-0.3, -0.25) is 0 Å². The molecule has 1 N–H and O–H groups in total. The van der Waals surface area contributed by atoms with Gasteiger partial charge in [-0.1, -0.05) is 35.3 Å². The van der Waals surface area contributed by atoms with E-state index in [4.69, 9.17) is 28.5 Å². The second-order valence-corrected chi connectivity index (χ2v) is 4.37. The van der Waals surface area contributed by atoms with Gasteiger partial charge in [0.15, 0.2) is 0 Å². The van der Waals surface area contributed by atoms with Crippen LogP contribution in [0, 0.1) is 11.3 Å². The predicted molar refractivity (Wildman–Crippen MR) is 67.7 cm³/mol. The van der Waals surface area contributed by atoms with E-state index in [9.17, 15) is 0 Å². The van der Waals surface area contributed by atoms with Gasteiger partial charge in [-0.15, -0.1) is 0 Å². The molecule has 2 nitrogen and oxygen atoms in total. The van der Waals surface area contributed by atoms with Crippen molar-refractivity contribution in [1.82, 2.24) is 5.32 Å². The van der Waals surface area contributed by atoms with E-state index in [2.05, 4.69) is 11.4 Å². The summed E-state index contributed by atoms with van der Waals surface area (Å²) in [6, 6.07) is 7.87. The van der Waals surface area contributed by atoms with Crippen LogP contribution in [0.3, 0.4) is 0 Å². The molecule has 0 saturated heterocycles. The van der Waals surface area contributed by atoms with Crippen molar-refractivity contribution in [3.05, 3.63) is 33.8 Å². The van der Waals surface area contributed by atoms with Gasteiger partial charge in [-0.25, -0.2) is 0 Å². The zero-order valence-corrected chi connectivity index (χ0v) is 10.6. The second kappa shape index (κ2) is 6.75. The molecule has 4 heteroatoms. The van der Waals surface area contributed by atoms with Crippen LogP contribution in [0.4, 0.5) is 0 Å². The molecule has 86 valence electrons. The number of unbranched alkanes of at least 4 members (excludes halogenated alkanes) is 1. The summed E-state index contributed by atoms with van der Waals surface area (Å²) >= 11 is 12.0. The van der Waals surface area contributed by atoms with Crippen molar-refractivity contribution in [3.8, 4) is 6.07 Å². The maximum atomic E-state index is 8.41. The monoisotopic (exact) mass is 256 g/mol. The van der Waals surface area contributed by atoms with Crippen molar-refractivity contribution in [2.45, 2.75) is 25.8 Å². The molecule has 0 aliphatic carbocycles. The minimum Gasteiger partial charge on any atom is -0.310 e. The number of nitrogens with zero attached hydrogens (tertiary/aromatic N) is 1. The zero-order valence-electron chi connectivity index (χ0n) is 9.13. The Bertz CT molecular complexity index is 385. The summed E-state index contributed by atoms with van der Waals surface area (Å²) in [5.74, 6) is 0. The van der Waals surface area contributed by atoms with Gasteiger partial charge in [0, 0.05) is 12.5 Å². The summed E-state index contributed by atoms with van der Waals surface area (Å²) in [7, 11) is 0. The van der Waals surface area contributed by atoms with Crippen molar-refractivity contribution in [3.63, 3.8) is 0 Å². The van der Waals surface area contributed by atoms with Crippen molar-refractivity contribution in [2.24, 2.45) is 0 Å². The predicted octanol–water partition coefficient (Wildman–Crippen LogP) is 3.95. The zero-order chi connectivity index (χ0) is 12.0. The lowest BCUT2D eigenvalue weighted by molar-refractivity contribution is 0.562. The Hall–Kier alpha value is -0.750. The van der Waals surface area contributed by atoms with Gasteiger partial charge < -0.3 is 5.32 Å². The fraction of sp³-hybridized carbons (Fsp3) is 0.417. The molecule has 0 amide bonds. The van der Waals surface area contributed by atoms with Crippen molar-refractivity contribution < 1.29 is 0 Å². The average Bonchev–Trinajstić information content (AvgIpc) is 2.28. The minimum atomic E-state index is 0.143. The molecule has 0 aromatic heterocycles. The summed E-state index contributed by atoms with van der Waals surface area (Å²) in [5, 5.41) is 12.9. The Morgan fingerprint density at radius 2 is 2.19 bits per heavy atom. The van der Waals surface area contributed by atoms with Crippen molar-refractivity contribution in [1.29, 1.82) is 5.26 Å². The summed E-state index contributed by atoms with van der Waals surface area (Å²) in [6.07, 6.45) is 1.42. The lowest BCUT2D eigenvalue weighted by Gasteiger charge is -2.15. The molecule has 1 aromatic rings. The van der Waals surface area contributed by atoms with Crippen molar-refractivity contribution >= 4 is 23.2 Å². The Morgan fingerprint density at radius 3 is 2.88 bits per heavy atom. The van der Waals surface area contributed by atoms with Crippen LogP contribution in [0.15, 0.2) is 18.2 Å².